The Kier molecular flexibility index (Phi) is 8.06. The Bertz CT molecular complexity index is 1320. The van der Waals surface area contributed by atoms with Gasteiger partial charge in [-0.15, -0.1) is 18.3 Å². The Morgan fingerprint density at radius 1 is 0.892 bits per heavy atom. The average Bonchev–Trinajstić information content (AvgIpc) is 3.31. The number of alkyl halides is 3. The summed E-state index contributed by atoms with van der Waals surface area (Å²) in [6.07, 6.45) is 0.511. The minimum atomic E-state index is -4.73. The van der Waals surface area contributed by atoms with Gasteiger partial charge in [0.1, 0.15) is 17.9 Å². The van der Waals surface area contributed by atoms with Crippen molar-refractivity contribution in [3.63, 3.8) is 0 Å². The molecule has 0 atom stereocenters. The number of rotatable bonds is 10. The summed E-state index contributed by atoms with van der Waals surface area (Å²) in [5.41, 5.74) is 6.02. The van der Waals surface area contributed by atoms with Gasteiger partial charge in [0.15, 0.2) is 5.82 Å². The Hall–Kier alpha value is -3.94. The van der Waals surface area contributed by atoms with Crippen molar-refractivity contribution in [1.82, 2.24) is 14.8 Å². The lowest BCUT2D eigenvalue weighted by molar-refractivity contribution is -0.274. The number of benzene rings is 3. The van der Waals surface area contributed by atoms with Crippen LogP contribution in [0.1, 0.15) is 41.5 Å². The number of Topliss-reactive ketones (excluding diaryl/α,β-unsaturated/α-hetero) is 1. The van der Waals surface area contributed by atoms with E-state index < -0.39 is 6.36 Å². The zero-order valence-electron chi connectivity index (χ0n) is 20.8. The number of hydrogen-bond acceptors (Lipinski definition) is 4. The quantitative estimate of drug-likeness (QED) is 0.218. The highest BCUT2D eigenvalue weighted by Crippen LogP contribution is 2.24. The van der Waals surface area contributed by atoms with E-state index in [0.29, 0.717) is 24.4 Å². The Balaban J connectivity index is 1.26. The maximum absolute atomic E-state index is 12.4. The number of aryl methyl sites for hydroxylation is 3. The van der Waals surface area contributed by atoms with Crippen LogP contribution in [0.25, 0.3) is 17.1 Å². The third-order valence-corrected chi connectivity index (χ3v) is 5.89. The number of halogens is 3. The van der Waals surface area contributed by atoms with Crippen molar-refractivity contribution in [2.24, 2.45) is 0 Å². The summed E-state index contributed by atoms with van der Waals surface area (Å²) in [5.74, 6) is 0.488. The van der Waals surface area contributed by atoms with Crippen LogP contribution in [0.4, 0.5) is 13.2 Å². The van der Waals surface area contributed by atoms with Crippen LogP contribution in [0.5, 0.6) is 5.75 Å². The molecule has 1 aromatic heterocycles. The molecule has 0 unspecified atom stereocenters. The number of unbranched alkanes of at least 4 members (excludes halogenated alkanes) is 1. The van der Waals surface area contributed by atoms with Gasteiger partial charge in [-0.3, -0.25) is 4.79 Å². The fraction of sp³-hybridized carbons (Fsp3) is 0.276. The molecule has 0 bridgehead atoms. The number of carbonyl (C=O) groups is 1. The molecule has 0 amide bonds. The maximum Gasteiger partial charge on any atom is 0.573 e. The van der Waals surface area contributed by atoms with Crippen LogP contribution >= 0.6 is 0 Å². The van der Waals surface area contributed by atoms with Gasteiger partial charge in [-0.05, 0) is 68.5 Å². The number of carbonyl (C=O) groups excluding carboxylic acids is 1. The van der Waals surface area contributed by atoms with Gasteiger partial charge in [0.25, 0.3) is 0 Å². The van der Waals surface area contributed by atoms with Crippen molar-refractivity contribution >= 4 is 5.78 Å². The maximum atomic E-state index is 12.4. The summed E-state index contributed by atoms with van der Waals surface area (Å²) >= 11 is 0. The number of aromatic nitrogens is 3. The summed E-state index contributed by atoms with van der Waals surface area (Å²) in [6.45, 7) is 4.10. The lowest BCUT2D eigenvalue weighted by atomic mass is 9.99. The molecule has 0 aliphatic heterocycles. The highest BCUT2D eigenvalue weighted by Gasteiger charge is 2.31. The number of hydrogen-bond donors (Lipinski definition) is 0. The summed E-state index contributed by atoms with van der Waals surface area (Å²) in [6, 6.07) is 19.6. The zero-order chi connectivity index (χ0) is 26.4. The molecule has 0 fully saturated rings. The lowest BCUT2D eigenvalue weighted by Crippen LogP contribution is -2.17. The summed E-state index contributed by atoms with van der Waals surface area (Å²) in [5, 5.41) is 4.43. The molecule has 37 heavy (non-hydrogen) atoms. The van der Waals surface area contributed by atoms with Gasteiger partial charge < -0.3 is 4.74 Å². The first-order valence-electron chi connectivity index (χ1n) is 12.1. The van der Waals surface area contributed by atoms with Gasteiger partial charge in [-0.1, -0.05) is 53.6 Å². The van der Waals surface area contributed by atoms with E-state index in [1.807, 2.05) is 38.1 Å². The van der Waals surface area contributed by atoms with Gasteiger partial charge >= 0.3 is 6.36 Å². The van der Waals surface area contributed by atoms with Crippen molar-refractivity contribution in [2.45, 2.75) is 52.3 Å². The number of nitrogens with zero attached hydrogens (tertiary/aromatic N) is 3. The highest BCUT2D eigenvalue weighted by atomic mass is 19.4. The Labute approximate surface area is 213 Å². The van der Waals surface area contributed by atoms with Gasteiger partial charge in [0.05, 0.1) is 5.69 Å². The molecule has 3 aromatic carbocycles. The predicted octanol–water partition coefficient (Wildman–Crippen LogP) is 6.97. The van der Waals surface area contributed by atoms with Crippen molar-refractivity contribution in [2.75, 3.05) is 0 Å². The second-order valence-corrected chi connectivity index (χ2v) is 9.17. The third kappa shape index (κ3) is 7.77. The van der Waals surface area contributed by atoms with Crippen LogP contribution in [-0.2, 0) is 17.6 Å². The molecular weight excluding hydrogens is 479 g/mol. The van der Waals surface area contributed by atoms with E-state index in [2.05, 4.69) is 33.0 Å². The molecule has 0 N–H and O–H groups in total. The SMILES string of the molecule is Cc1cc(C)cc(CC(=O)CCCCc2ccc(-c3ncn(-c4ccc(OC(F)(F)F)cc4)n3)cc2)c1. The molecule has 4 aromatic rings. The van der Waals surface area contributed by atoms with E-state index in [9.17, 15) is 18.0 Å². The molecule has 0 aliphatic rings. The Morgan fingerprint density at radius 3 is 2.22 bits per heavy atom. The van der Waals surface area contributed by atoms with E-state index in [0.717, 1.165) is 30.4 Å². The fourth-order valence-electron chi connectivity index (χ4n) is 4.28. The molecule has 0 saturated heterocycles. The first kappa shape index (κ1) is 26.1. The molecule has 0 aliphatic carbocycles. The van der Waals surface area contributed by atoms with Gasteiger partial charge in [0, 0.05) is 18.4 Å². The lowest BCUT2D eigenvalue weighted by Gasteiger charge is -2.09. The predicted molar refractivity (Wildman–Crippen MR) is 136 cm³/mol. The number of ether oxygens (including phenoxy) is 1. The normalized spacial score (nSPS) is 11.5. The van der Waals surface area contributed by atoms with E-state index in [-0.39, 0.29) is 11.5 Å². The van der Waals surface area contributed by atoms with Crippen molar-refractivity contribution in [1.29, 1.82) is 0 Å². The third-order valence-electron chi connectivity index (χ3n) is 5.89. The van der Waals surface area contributed by atoms with E-state index in [1.54, 1.807) is 0 Å². The van der Waals surface area contributed by atoms with Gasteiger partial charge in [-0.25, -0.2) is 9.67 Å². The first-order chi connectivity index (χ1) is 17.6. The number of ketones is 1. The van der Waals surface area contributed by atoms with Crippen LogP contribution in [0.15, 0.2) is 73.1 Å². The first-order valence-corrected chi connectivity index (χ1v) is 12.1. The van der Waals surface area contributed by atoms with Crippen LogP contribution in [0.3, 0.4) is 0 Å². The monoisotopic (exact) mass is 507 g/mol. The second-order valence-electron chi connectivity index (χ2n) is 9.17. The minimum absolute atomic E-state index is 0.268. The molecule has 0 saturated carbocycles. The van der Waals surface area contributed by atoms with Gasteiger partial charge in [-0.2, -0.15) is 0 Å². The molecule has 5 nitrogen and oxygen atoms in total. The molecule has 4 rings (SSSR count). The van der Waals surface area contributed by atoms with Crippen LogP contribution in [-0.4, -0.2) is 26.9 Å². The summed E-state index contributed by atoms with van der Waals surface area (Å²) in [4.78, 5) is 16.7. The van der Waals surface area contributed by atoms with Crippen LogP contribution in [0.2, 0.25) is 0 Å². The minimum Gasteiger partial charge on any atom is -0.406 e. The zero-order valence-corrected chi connectivity index (χ0v) is 20.8. The van der Waals surface area contributed by atoms with E-state index in [1.165, 1.54) is 52.0 Å². The van der Waals surface area contributed by atoms with Crippen molar-refractivity contribution in [3.05, 3.63) is 95.3 Å². The van der Waals surface area contributed by atoms with E-state index >= 15 is 0 Å². The molecule has 0 radical (unpaired) electrons. The molecule has 8 heteroatoms. The van der Waals surface area contributed by atoms with Crippen LogP contribution in [0, 0.1) is 13.8 Å². The van der Waals surface area contributed by atoms with Crippen LogP contribution < -0.4 is 4.74 Å². The fourth-order valence-corrected chi connectivity index (χ4v) is 4.28. The molecule has 0 spiro atoms. The average molecular weight is 508 g/mol. The second kappa shape index (κ2) is 11.4. The summed E-state index contributed by atoms with van der Waals surface area (Å²) in [7, 11) is 0. The standard InChI is InChI=1S/C29H28F3N3O2/c1-20-15-21(2)17-23(16-20)18-26(36)6-4-3-5-22-7-9-24(10-8-22)28-33-19-35(34-28)25-11-13-27(14-12-25)37-29(30,31)32/h7-17,19H,3-6,18H2,1-2H3. The van der Waals surface area contributed by atoms with Gasteiger partial charge in [0.2, 0.25) is 0 Å². The topological polar surface area (TPSA) is 57.0 Å². The smallest absolute Gasteiger partial charge is 0.406 e. The van der Waals surface area contributed by atoms with E-state index in [4.69, 9.17) is 0 Å². The van der Waals surface area contributed by atoms with Crippen molar-refractivity contribution in [3.8, 4) is 22.8 Å². The Morgan fingerprint density at radius 2 is 1.57 bits per heavy atom. The molecule has 1 heterocycles. The largest absolute Gasteiger partial charge is 0.573 e. The molecular formula is C29H28F3N3O2. The van der Waals surface area contributed by atoms with Crippen molar-refractivity contribution < 1.29 is 22.7 Å². The molecule has 192 valence electrons. The highest BCUT2D eigenvalue weighted by molar-refractivity contribution is 5.80. The summed E-state index contributed by atoms with van der Waals surface area (Å²) < 4.78 is 42.4.